The Bertz CT molecular complexity index is 263. The Morgan fingerprint density at radius 3 is 2.29 bits per heavy atom. The Morgan fingerprint density at radius 2 is 2.00 bits per heavy atom. The third-order valence-corrected chi connectivity index (χ3v) is 3.21. The molecular weight excluding hydrogens is 174 g/mol. The molecule has 1 aliphatic carbocycles. The summed E-state index contributed by atoms with van der Waals surface area (Å²) >= 11 is 0. The van der Waals surface area contributed by atoms with E-state index < -0.39 is 0 Å². The van der Waals surface area contributed by atoms with Crippen molar-refractivity contribution in [2.45, 2.75) is 52.9 Å². The highest BCUT2D eigenvalue weighted by molar-refractivity contribution is 5.83. The number of hydrogen-bond donors (Lipinski definition) is 0. The van der Waals surface area contributed by atoms with E-state index in [1.165, 1.54) is 0 Å². The molecule has 1 fully saturated rings. The molecule has 78 valence electrons. The predicted octanol–water partition coefficient (Wildman–Crippen LogP) is 3.08. The topological polar surface area (TPSA) is 40.9 Å². The van der Waals surface area contributed by atoms with E-state index in [9.17, 15) is 4.79 Å². The number of hydrogen-bond acceptors (Lipinski definition) is 2. The van der Waals surface area contributed by atoms with Crippen molar-refractivity contribution in [3.05, 3.63) is 0 Å². The quantitative estimate of drug-likeness (QED) is 0.691. The van der Waals surface area contributed by atoms with Gasteiger partial charge in [-0.1, -0.05) is 27.2 Å². The SMILES string of the molecule is CC(C)(C)C(=O)CCC1(C#N)CCC1. The van der Waals surface area contributed by atoms with Gasteiger partial charge in [-0.15, -0.1) is 0 Å². The Morgan fingerprint density at radius 1 is 1.43 bits per heavy atom. The van der Waals surface area contributed by atoms with E-state index in [-0.39, 0.29) is 16.6 Å². The van der Waals surface area contributed by atoms with Crippen LogP contribution < -0.4 is 0 Å². The average molecular weight is 193 g/mol. The van der Waals surface area contributed by atoms with Gasteiger partial charge in [-0.05, 0) is 19.3 Å². The number of ketones is 1. The fourth-order valence-corrected chi connectivity index (χ4v) is 1.75. The van der Waals surface area contributed by atoms with E-state index in [0.29, 0.717) is 6.42 Å². The minimum absolute atomic E-state index is 0.152. The van der Waals surface area contributed by atoms with Gasteiger partial charge in [0.15, 0.2) is 0 Å². The lowest BCUT2D eigenvalue weighted by molar-refractivity contribution is -0.127. The predicted molar refractivity (Wildman–Crippen MR) is 55.6 cm³/mol. The molecule has 0 bridgehead atoms. The monoisotopic (exact) mass is 193 g/mol. The molecule has 0 aromatic rings. The molecule has 2 heteroatoms. The van der Waals surface area contributed by atoms with Crippen molar-refractivity contribution in [1.29, 1.82) is 5.26 Å². The van der Waals surface area contributed by atoms with Crippen LogP contribution in [0.2, 0.25) is 0 Å². The first-order chi connectivity index (χ1) is 6.40. The van der Waals surface area contributed by atoms with Gasteiger partial charge in [0.2, 0.25) is 0 Å². The molecular formula is C12H19NO. The second-order valence-electron chi connectivity index (χ2n) is 5.42. The molecule has 0 aromatic heterocycles. The summed E-state index contributed by atoms with van der Waals surface area (Å²) in [4.78, 5) is 11.7. The lowest BCUT2D eigenvalue weighted by atomic mass is 9.66. The first-order valence-corrected chi connectivity index (χ1v) is 5.34. The summed E-state index contributed by atoms with van der Waals surface area (Å²) in [7, 11) is 0. The van der Waals surface area contributed by atoms with Crippen LogP contribution in [0.1, 0.15) is 52.9 Å². The molecule has 0 aromatic carbocycles. The van der Waals surface area contributed by atoms with Gasteiger partial charge < -0.3 is 0 Å². The van der Waals surface area contributed by atoms with Gasteiger partial charge in [-0.3, -0.25) is 4.79 Å². The van der Waals surface area contributed by atoms with Crippen LogP contribution in [0.5, 0.6) is 0 Å². The standard InChI is InChI=1S/C12H19NO/c1-11(2,3)10(14)5-8-12(9-13)6-4-7-12/h4-8H2,1-3H3. The Kier molecular flexibility index (Phi) is 2.99. The fraction of sp³-hybridized carbons (Fsp3) is 0.833. The summed E-state index contributed by atoms with van der Waals surface area (Å²) < 4.78 is 0. The summed E-state index contributed by atoms with van der Waals surface area (Å²) in [6.45, 7) is 5.82. The number of nitrogens with zero attached hydrogens (tertiary/aromatic N) is 1. The van der Waals surface area contributed by atoms with E-state index in [1.807, 2.05) is 20.8 Å². The minimum atomic E-state index is -0.250. The third-order valence-electron chi connectivity index (χ3n) is 3.21. The highest BCUT2D eigenvalue weighted by Gasteiger charge is 2.37. The van der Waals surface area contributed by atoms with E-state index in [4.69, 9.17) is 5.26 Å². The van der Waals surface area contributed by atoms with Crippen molar-refractivity contribution in [2.24, 2.45) is 10.8 Å². The van der Waals surface area contributed by atoms with Gasteiger partial charge >= 0.3 is 0 Å². The van der Waals surface area contributed by atoms with E-state index in [2.05, 4.69) is 6.07 Å². The molecule has 0 N–H and O–H groups in total. The maximum absolute atomic E-state index is 11.7. The summed E-state index contributed by atoms with van der Waals surface area (Å²) in [5.41, 5.74) is -0.401. The fourth-order valence-electron chi connectivity index (χ4n) is 1.75. The van der Waals surface area contributed by atoms with Crippen LogP contribution >= 0.6 is 0 Å². The number of nitriles is 1. The summed E-state index contributed by atoms with van der Waals surface area (Å²) in [6, 6.07) is 2.37. The maximum Gasteiger partial charge on any atom is 0.138 e. The van der Waals surface area contributed by atoms with Crippen LogP contribution in [0, 0.1) is 22.2 Å². The Hall–Kier alpha value is -0.840. The number of carbonyl (C=O) groups is 1. The first-order valence-electron chi connectivity index (χ1n) is 5.34. The molecule has 0 radical (unpaired) electrons. The lowest BCUT2D eigenvalue weighted by Gasteiger charge is -2.35. The molecule has 0 heterocycles. The Labute approximate surface area is 86.3 Å². The normalized spacial score (nSPS) is 19.6. The van der Waals surface area contributed by atoms with Gasteiger partial charge in [0.05, 0.1) is 11.5 Å². The molecule has 0 spiro atoms. The summed E-state index contributed by atoms with van der Waals surface area (Å²) in [5.74, 6) is 0.277. The molecule has 0 aliphatic heterocycles. The molecule has 1 saturated carbocycles. The molecule has 0 saturated heterocycles. The minimum Gasteiger partial charge on any atom is -0.299 e. The highest BCUT2D eigenvalue weighted by atomic mass is 16.1. The van der Waals surface area contributed by atoms with Gasteiger partial charge in [0.1, 0.15) is 5.78 Å². The second kappa shape index (κ2) is 3.73. The molecule has 1 rings (SSSR count). The number of rotatable bonds is 3. The first kappa shape index (κ1) is 11.2. The Balaban J connectivity index is 2.41. The summed E-state index contributed by atoms with van der Waals surface area (Å²) in [6.07, 6.45) is 4.45. The second-order valence-corrected chi connectivity index (χ2v) is 5.42. The zero-order valence-electron chi connectivity index (χ0n) is 9.39. The number of carbonyl (C=O) groups excluding carboxylic acids is 1. The van der Waals surface area contributed by atoms with Crippen LogP contribution in [-0.4, -0.2) is 5.78 Å². The zero-order valence-corrected chi connectivity index (χ0v) is 9.39. The van der Waals surface area contributed by atoms with E-state index in [0.717, 1.165) is 25.7 Å². The van der Waals surface area contributed by atoms with Crippen LogP contribution in [0.4, 0.5) is 0 Å². The van der Waals surface area contributed by atoms with Crippen LogP contribution in [0.3, 0.4) is 0 Å². The lowest BCUT2D eigenvalue weighted by Crippen LogP contribution is -2.30. The van der Waals surface area contributed by atoms with Crippen molar-refractivity contribution in [2.75, 3.05) is 0 Å². The van der Waals surface area contributed by atoms with Crippen LogP contribution in [0.15, 0.2) is 0 Å². The van der Waals surface area contributed by atoms with Gasteiger partial charge in [-0.2, -0.15) is 5.26 Å². The molecule has 1 aliphatic rings. The van der Waals surface area contributed by atoms with Crippen molar-refractivity contribution in [1.82, 2.24) is 0 Å². The van der Waals surface area contributed by atoms with Gasteiger partial charge in [0.25, 0.3) is 0 Å². The smallest absolute Gasteiger partial charge is 0.138 e. The molecule has 0 atom stereocenters. The van der Waals surface area contributed by atoms with E-state index >= 15 is 0 Å². The molecule has 14 heavy (non-hydrogen) atoms. The van der Waals surface area contributed by atoms with Crippen molar-refractivity contribution < 1.29 is 4.79 Å². The molecule has 0 amide bonds. The largest absolute Gasteiger partial charge is 0.299 e. The average Bonchev–Trinajstić information content (AvgIpc) is 2.01. The zero-order chi connectivity index (χ0) is 10.8. The summed E-state index contributed by atoms with van der Waals surface area (Å²) in [5, 5.41) is 8.99. The van der Waals surface area contributed by atoms with Crippen LogP contribution in [-0.2, 0) is 4.79 Å². The maximum atomic E-state index is 11.7. The van der Waals surface area contributed by atoms with E-state index in [1.54, 1.807) is 0 Å². The molecule has 2 nitrogen and oxygen atoms in total. The van der Waals surface area contributed by atoms with Gasteiger partial charge in [0, 0.05) is 11.8 Å². The van der Waals surface area contributed by atoms with Gasteiger partial charge in [-0.25, -0.2) is 0 Å². The van der Waals surface area contributed by atoms with Crippen molar-refractivity contribution >= 4 is 5.78 Å². The highest BCUT2D eigenvalue weighted by Crippen LogP contribution is 2.44. The van der Waals surface area contributed by atoms with Crippen molar-refractivity contribution in [3.63, 3.8) is 0 Å². The van der Waals surface area contributed by atoms with Crippen molar-refractivity contribution in [3.8, 4) is 6.07 Å². The van der Waals surface area contributed by atoms with Crippen LogP contribution in [0.25, 0.3) is 0 Å². The molecule has 0 unspecified atom stereocenters. The number of Topliss-reactive ketones (excluding diaryl/α,β-unsaturated/α-hetero) is 1. The third kappa shape index (κ3) is 2.35.